The van der Waals surface area contributed by atoms with Gasteiger partial charge >= 0.3 is 12.4 Å². The smallest absolute Gasteiger partial charge is 0.416 e. The second kappa shape index (κ2) is 15.4. The highest BCUT2D eigenvalue weighted by atomic mass is 19.4. The molecule has 2 aliphatic heterocycles. The first-order valence-electron chi connectivity index (χ1n) is 20.8. The summed E-state index contributed by atoms with van der Waals surface area (Å²) >= 11 is 0. The monoisotopic (exact) mass is 914 g/mol. The molecule has 0 saturated heterocycles. The van der Waals surface area contributed by atoms with E-state index in [1.807, 2.05) is 0 Å². The Morgan fingerprint density at radius 1 is 0.508 bits per heavy atom. The zero-order chi connectivity index (χ0) is 47.6. The molecule has 4 aromatic carbocycles. The number of halogens is 6. The molecule has 4 aliphatic rings. The molecular formula is C47H48F6N2O10. The van der Waals surface area contributed by atoms with E-state index in [1.54, 1.807) is 49.6 Å². The van der Waals surface area contributed by atoms with Gasteiger partial charge in [-0.15, -0.1) is 0 Å². The molecule has 4 unspecified atom stereocenters. The molecule has 0 radical (unpaired) electrons. The Morgan fingerprint density at radius 3 is 1.11 bits per heavy atom. The number of allylic oxidation sites excluding steroid dienone is 2. The van der Waals surface area contributed by atoms with E-state index in [-0.39, 0.29) is 41.8 Å². The number of aliphatic hydroxyl groups excluding tert-OH is 4. The van der Waals surface area contributed by atoms with Crippen molar-refractivity contribution in [3.63, 3.8) is 0 Å². The van der Waals surface area contributed by atoms with Gasteiger partial charge < -0.3 is 60.9 Å². The number of rotatable bonds is 8. The van der Waals surface area contributed by atoms with Crippen molar-refractivity contribution in [1.82, 2.24) is 0 Å². The van der Waals surface area contributed by atoms with Crippen molar-refractivity contribution in [1.29, 1.82) is 0 Å². The Morgan fingerprint density at radius 2 is 0.815 bits per heavy atom. The molecular weight excluding hydrogens is 867 g/mol. The number of hydrogen-bond acceptors (Lipinski definition) is 12. The number of aromatic hydroxyl groups is 6. The molecule has 348 valence electrons. The molecule has 4 aromatic rings. The number of benzene rings is 4. The maximum atomic E-state index is 14.1. The molecule has 2 heterocycles. The van der Waals surface area contributed by atoms with Crippen molar-refractivity contribution < 1.29 is 77.4 Å². The third-order valence-electron chi connectivity index (χ3n) is 13.9. The molecule has 8 rings (SSSR count). The Bertz CT molecular complexity index is 2380. The van der Waals surface area contributed by atoms with Gasteiger partial charge in [0, 0.05) is 106 Å². The summed E-state index contributed by atoms with van der Waals surface area (Å²) < 4.78 is 84.6. The van der Waals surface area contributed by atoms with Crippen LogP contribution < -0.4 is 9.80 Å². The third kappa shape index (κ3) is 7.34. The van der Waals surface area contributed by atoms with E-state index in [4.69, 9.17) is 0 Å². The van der Waals surface area contributed by atoms with Crippen LogP contribution in [0, 0.1) is 11.8 Å². The standard InChI is InChI=1S/C47H48F6N2O10/c1-44(2)26-12-20(46(48,49)50)6-8-28(26)54(34(44)18-24-40(62)38(41(24)63)36-30(58)14-22(56)15-31(36)59)10-5-11-55-29-9-7-21(47(51,52)53)13-27(29)45(3,4)35(55)19-25-42(64)39(43(25)65)37-32(60)16-23(57)17-33(37)61/h6-9,12-19,24-25,38-43,56-65H,5,10-11H2,1-4H3. The first-order valence-corrected chi connectivity index (χ1v) is 20.8. The average molecular weight is 915 g/mol. The summed E-state index contributed by atoms with van der Waals surface area (Å²) in [5, 5.41) is 107. The largest absolute Gasteiger partial charge is 0.508 e. The molecule has 2 saturated carbocycles. The summed E-state index contributed by atoms with van der Waals surface area (Å²) in [4.78, 5) is 3.49. The number of phenols is 6. The minimum Gasteiger partial charge on any atom is -0.508 e. The van der Waals surface area contributed by atoms with Crippen LogP contribution in [0.3, 0.4) is 0 Å². The van der Waals surface area contributed by atoms with E-state index >= 15 is 0 Å². The number of nitrogens with zero attached hydrogens (tertiary/aromatic N) is 2. The van der Waals surface area contributed by atoms with E-state index in [0.29, 0.717) is 22.8 Å². The molecule has 0 aromatic heterocycles. The van der Waals surface area contributed by atoms with Crippen LogP contribution in [0.25, 0.3) is 0 Å². The second-order valence-electron chi connectivity index (χ2n) is 18.4. The fraction of sp³-hybridized carbons (Fsp3) is 0.404. The van der Waals surface area contributed by atoms with Gasteiger partial charge in [-0.1, -0.05) is 39.8 Å². The predicted molar refractivity (Wildman–Crippen MR) is 224 cm³/mol. The third-order valence-corrected chi connectivity index (χ3v) is 13.9. The van der Waals surface area contributed by atoms with E-state index in [1.165, 1.54) is 12.1 Å². The van der Waals surface area contributed by atoms with Crippen LogP contribution in [0.5, 0.6) is 34.5 Å². The molecule has 0 spiro atoms. The number of anilines is 2. The SMILES string of the molecule is CC1(C)C(=CC2C(O)C(c3c(O)cc(O)cc3O)C2O)N(CCCN2C(=CC3C(O)C(c4c(O)cc(O)cc4O)C3O)C(C)(C)c3cc(C(F)(F)F)ccc32)c2ccc(C(F)(F)F)cc21. The minimum atomic E-state index is -4.69. The van der Waals surface area contributed by atoms with Crippen LogP contribution in [0.15, 0.2) is 84.2 Å². The molecule has 10 N–H and O–H groups in total. The van der Waals surface area contributed by atoms with Crippen LogP contribution >= 0.6 is 0 Å². The minimum absolute atomic E-state index is 0.0891. The van der Waals surface area contributed by atoms with Gasteiger partial charge in [-0.25, -0.2) is 0 Å². The molecule has 0 amide bonds. The topological polar surface area (TPSA) is 209 Å². The van der Waals surface area contributed by atoms with Crippen molar-refractivity contribution in [2.75, 3.05) is 22.9 Å². The Balaban J connectivity index is 1.14. The lowest BCUT2D eigenvalue weighted by Crippen LogP contribution is -2.53. The number of hydrogen-bond donors (Lipinski definition) is 10. The van der Waals surface area contributed by atoms with Crippen molar-refractivity contribution in [2.24, 2.45) is 11.8 Å². The maximum Gasteiger partial charge on any atom is 0.416 e. The van der Waals surface area contributed by atoms with Gasteiger partial charge in [-0.05, 0) is 53.9 Å². The van der Waals surface area contributed by atoms with Crippen molar-refractivity contribution >= 4 is 11.4 Å². The fourth-order valence-electron chi connectivity index (χ4n) is 10.4. The first-order chi connectivity index (χ1) is 30.2. The number of fused-ring (bicyclic) bond motifs is 2. The Labute approximate surface area is 368 Å². The second-order valence-corrected chi connectivity index (χ2v) is 18.4. The van der Waals surface area contributed by atoms with E-state index < -0.39 is 117 Å². The highest BCUT2D eigenvalue weighted by Gasteiger charge is 2.54. The average Bonchev–Trinajstić information content (AvgIpc) is 3.54. The summed E-state index contributed by atoms with van der Waals surface area (Å²) in [7, 11) is 0. The summed E-state index contributed by atoms with van der Waals surface area (Å²) in [5.41, 5.74) is -2.35. The van der Waals surface area contributed by atoms with Crippen LogP contribution in [-0.4, -0.2) is 88.6 Å². The number of aliphatic hydroxyl groups is 4. The van der Waals surface area contributed by atoms with Crippen LogP contribution in [0.2, 0.25) is 0 Å². The van der Waals surface area contributed by atoms with E-state index in [0.717, 1.165) is 48.5 Å². The maximum absolute atomic E-state index is 14.1. The van der Waals surface area contributed by atoms with Gasteiger partial charge in [0.1, 0.15) is 34.5 Å². The van der Waals surface area contributed by atoms with Crippen LogP contribution in [-0.2, 0) is 23.2 Å². The van der Waals surface area contributed by atoms with Gasteiger partial charge in [0.2, 0.25) is 0 Å². The van der Waals surface area contributed by atoms with E-state index in [2.05, 4.69) is 0 Å². The number of phenolic OH excluding ortho intramolecular Hbond substituents is 6. The predicted octanol–water partition coefficient (Wildman–Crippen LogP) is 7.28. The zero-order valence-electron chi connectivity index (χ0n) is 35.3. The lowest BCUT2D eigenvalue weighted by atomic mass is 9.64. The molecule has 2 aliphatic carbocycles. The highest BCUT2D eigenvalue weighted by Crippen LogP contribution is 2.57. The highest BCUT2D eigenvalue weighted by molar-refractivity contribution is 5.73. The summed E-state index contributed by atoms with van der Waals surface area (Å²) in [6, 6.07) is 10.3. The van der Waals surface area contributed by atoms with Gasteiger partial charge in [-0.2, -0.15) is 26.3 Å². The summed E-state index contributed by atoms with van der Waals surface area (Å²) in [6.07, 6.45) is -11.7. The van der Waals surface area contributed by atoms with Gasteiger partial charge in [0.15, 0.2) is 0 Å². The van der Waals surface area contributed by atoms with E-state index in [9.17, 15) is 77.4 Å². The Kier molecular flexibility index (Phi) is 10.8. The first kappa shape index (κ1) is 45.7. The van der Waals surface area contributed by atoms with Crippen LogP contribution in [0.1, 0.15) is 79.3 Å². The normalized spacial score (nSPS) is 28.0. The quantitative estimate of drug-likeness (QED) is 0.0792. The van der Waals surface area contributed by atoms with Crippen LogP contribution in [0.4, 0.5) is 37.7 Å². The van der Waals surface area contributed by atoms with Crippen molar-refractivity contribution in [2.45, 2.75) is 93.6 Å². The van der Waals surface area contributed by atoms with Gasteiger partial charge in [0.25, 0.3) is 0 Å². The summed E-state index contributed by atoms with van der Waals surface area (Å²) in [5.74, 6) is -7.68. The lowest BCUT2D eigenvalue weighted by molar-refractivity contribution is -0.138. The van der Waals surface area contributed by atoms with Gasteiger partial charge in [-0.3, -0.25) is 0 Å². The lowest BCUT2D eigenvalue weighted by Gasteiger charge is -2.46. The zero-order valence-corrected chi connectivity index (χ0v) is 35.3. The van der Waals surface area contributed by atoms with Gasteiger partial charge in [0.05, 0.1) is 35.5 Å². The van der Waals surface area contributed by atoms with Crippen molar-refractivity contribution in [3.05, 3.63) is 118 Å². The van der Waals surface area contributed by atoms with Crippen molar-refractivity contribution in [3.8, 4) is 34.5 Å². The number of alkyl halides is 6. The summed E-state index contributed by atoms with van der Waals surface area (Å²) in [6.45, 7) is 6.91. The molecule has 4 atom stereocenters. The Hall–Kier alpha value is -5.82. The fourth-order valence-corrected chi connectivity index (χ4v) is 10.4. The molecule has 65 heavy (non-hydrogen) atoms. The molecule has 0 bridgehead atoms. The molecule has 12 nitrogen and oxygen atoms in total. The molecule has 2 fully saturated rings. The molecule has 18 heteroatoms.